The molecule has 1 aliphatic carbocycles. The summed E-state index contributed by atoms with van der Waals surface area (Å²) in [5.41, 5.74) is 0.165. The van der Waals surface area contributed by atoms with Gasteiger partial charge in [-0.05, 0) is 19.8 Å². The summed E-state index contributed by atoms with van der Waals surface area (Å²) in [5.74, 6) is 0. The predicted molar refractivity (Wildman–Crippen MR) is 68.6 cm³/mol. The number of nitriles is 1. The second-order valence-electron chi connectivity index (χ2n) is 5.21. The summed E-state index contributed by atoms with van der Waals surface area (Å²) in [6.07, 6.45) is 8.84. The van der Waals surface area contributed by atoms with E-state index in [9.17, 15) is 10.4 Å². The average molecular weight is 247 g/mol. The summed E-state index contributed by atoms with van der Waals surface area (Å²) in [4.78, 5) is 0. The van der Waals surface area contributed by atoms with Crippen molar-refractivity contribution in [3.05, 3.63) is 18.0 Å². The second kappa shape index (κ2) is 5.53. The van der Waals surface area contributed by atoms with Gasteiger partial charge in [-0.2, -0.15) is 10.4 Å². The highest BCUT2D eigenvalue weighted by atomic mass is 16.3. The first kappa shape index (κ1) is 13.1. The standard InChI is InChI=1S/C14H21N3O/c1-2-17-10-12(9-16-17)13(18)14(11-15)7-5-3-4-6-8-14/h9-10,13,18H,2-8H2,1H3. The first-order valence-corrected chi connectivity index (χ1v) is 6.83. The number of aliphatic hydroxyl groups is 1. The lowest BCUT2D eigenvalue weighted by atomic mass is 9.75. The van der Waals surface area contributed by atoms with Crippen molar-refractivity contribution in [2.24, 2.45) is 5.41 Å². The zero-order chi connectivity index (χ0) is 13.0. The Bertz CT molecular complexity index is 424. The third-order valence-corrected chi connectivity index (χ3v) is 4.03. The van der Waals surface area contributed by atoms with Crippen LogP contribution < -0.4 is 0 Å². The molecule has 0 amide bonds. The molecule has 4 nitrogen and oxygen atoms in total. The lowest BCUT2D eigenvalue weighted by Crippen LogP contribution is -2.26. The summed E-state index contributed by atoms with van der Waals surface area (Å²) in [7, 11) is 0. The zero-order valence-corrected chi connectivity index (χ0v) is 11.0. The monoisotopic (exact) mass is 247 g/mol. The highest BCUT2D eigenvalue weighted by Crippen LogP contribution is 2.44. The molecule has 1 unspecified atom stereocenters. The van der Waals surface area contributed by atoms with Gasteiger partial charge >= 0.3 is 0 Å². The van der Waals surface area contributed by atoms with Crippen molar-refractivity contribution in [3.63, 3.8) is 0 Å². The minimum Gasteiger partial charge on any atom is -0.387 e. The van der Waals surface area contributed by atoms with Crippen LogP contribution in [0.5, 0.6) is 0 Å². The molecule has 1 aliphatic rings. The molecule has 0 spiro atoms. The van der Waals surface area contributed by atoms with Crippen LogP contribution in [0.4, 0.5) is 0 Å². The molecule has 1 fully saturated rings. The van der Waals surface area contributed by atoms with Crippen LogP contribution in [0, 0.1) is 16.7 Å². The molecular weight excluding hydrogens is 226 g/mol. The van der Waals surface area contributed by atoms with Crippen LogP contribution in [0.2, 0.25) is 0 Å². The van der Waals surface area contributed by atoms with Crippen molar-refractivity contribution < 1.29 is 5.11 Å². The molecule has 98 valence electrons. The lowest BCUT2D eigenvalue weighted by Gasteiger charge is -2.29. The quantitative estimate of drug-likeness (QED) is 0.835. The molecular formula is C14H21N3O. The molecule has 0 radical (unpaired) electrons. The largest absolute Gasteiger partial charge is 0.387 e. The fraction of sp³-hybridized carbons (Fsp3) is 0.714. The van der Waals surface area contributed by atoms with Gasteiger partial charge in [0.15, 0.2) is 0 Å². The van der Waals surface area contributed by atoms with Gasteiger partial charge in [-0.25, -0.2) is 0 Å². The van der Waals surface area contributed by atoms with Crippen LogP contribution in [-0.2, 0) is 6.54 Å². The average Bonchev–Trinajstić information content (AvgIpc) is 2.75. The molecule has 1 saturated carbocycles. The molecule has 0 bridgehead atoms. The third-order valence-electron chi connectivity index (χ3n) is 4.03. The molecule has 1 heterocycles. The minimum absolute atomic E-state index is 0.613. The van der Waals surface area contributed by atoms with Gasteiger partial charge in [0.05, 0.1) is 17.7 Å². The summed E-state index contributed by atoms with van der Waals surface area (Å²) in [5, 5.41) is 24.3. The smallest absolute Gasteiger partial charge is 0.101 e. The third kappa shape index (κ3) is 2.41. The van der Waals surface area contributed by atoms with Crippen LogP contribution in [0.1, 0.15) is 57.1 Å². The van der Waals surface area contributed by atoms with E-state index >= 15 is 0 Å². The van der Waals surface area contributed by atoms with Crippen molar-refractivity contribution in [2.75, 3.05) is 0 Å². The maximum absolute atomic E-state index is 10.6. The number of aromatic nitrogens is 2. The van der Waals surface area contributed by atoms with Crippen molar-refractivity contribution in [1.29, 1.82) is 5.26 Å². The van der Waals surface area contributed by atoms with Crippen molar-refractivity contribution >= 4 is 0 Å². The summed E-state index contributed by atoms with van der Waals surface area (Å²) in [6, 6.07) is 2.40. The van der Waals surface area contributed by atoms with Gasteiger partial charge < -0.3 is 5.11 Å². The van der Waals surface area contributed by atoms with Crippen LogP contribution in [0.15, 0.2) is 12.4 Å². The summed E-state index contributed by atoms with van der Waals surface area (Å²) < 4.78 is 1.79. The van der Waals surface area contributed by atoms with Crippen molar-refractivity contribution in [3.8, 4) is 6.07 Å². The maximum Gasteiger partial charge on any atom is 0.101 e. The van der Waals surface area contributed by atoms with Gasteiger partial charge in [-0.1, -0.05) is 25.7 Å². The summed E-state index contributed by atoms with van der Waals surface area (Å²) >= 11 is 0. The van der Waals surface area contributed by atoms with E-state index in [4.69, 9.17) is 0 Å². The van der Waals surface area contributed by atoms with E-state index in [0.29, 0.717) is 0 Å². The van der Waals surface area contributed by atoms with Crippen LogP contribution >= 0.6 is 0 Å². The molecule has 1 N–H and O–H groups in total. The van der Waals surface area contributed by atoms with Gasteiger partial charge in [0, 0.05) is 18.3 Å². The highest BCUT2D eigenvalue weighted by molar-refractivity contribution is 5.18. The molecule has 1 atom stereocenters. The van der Waals surface area contributed by atoms with E-state index < -0.39 is 11.5 Å². The van der Waals surface area contributed by atoms with Gasteiger partial charge in [-0.3, -0.25) is 4.68 Å². The molecule has 0 saturated heterocycles. The Morgan fingerprint density at radius 3 is 2.61 bits per heavy atom. The van der Waals surface area contributed by atoms with Crippen LogP contribution in [0.25, 0.3) is 0 Å². The van der Waals surface area contributed by atoms with Crippen LogP contribution in [0.3, 0.4) is 0 Å². The Balaban J connectivity index is 2.23. The Kier molecular flexibility index (Phi) is 4.03. The number of nitrogens with zero attached hydrogens (tertiary/aromatic N) is 3. The SMILES string of the molecule is CCn1cc(C(O)C2(C#N)CCCCCC2)cn1. The van der Waals surface area contributed by atoms with E-state index in [-0.39, 0.29) is 0 Å². The topological polar surface area (TPSA) is 61.8 Å². The Morgan fingerprint density at radius 1 is 1.44 bits per heavy atom. The predicted octanol–water partition coefficient (Wildman–Crippen LogP) is 2.80. The number of hydrogen-bond acceptors (Lipinski definition) is 3. The van der Waals surface area contributed by atoms with Crippen molar-refractivity contribution in [2.45, 2.75) is 58.1 Å². The number of hydrogen-bond donors (Lipinski definition) is 1. The zero-order valence-electron chi connectivity index (χ0n) is 11.0. The fourth-order valence-corrected chi connectivity index (χ4v) is 2.82. The second-order valence-corrected chi connectivity index (χ2v) is 5.21. The van der Waals surface area contributed by atoms with Gasteiger partial charge in [0.1, 0.15) is 6.10 Å². The normalized spacial score (nSPS) is 20.9. The fourth-order valence-electron chi connectivity index (χ4n) is 2.82. The highest BCUT2D eigenvalue weighted by Gasteiger charge is 2.39. The number of aryl methyl sites for hydroxylation is 1. The van der Waals surface area contributed by atoms with Crippen molar-refractivity contribution in [1.82, 2.24) is 9.78 Å². The molecule has 1 aromatic heterocycles. The first-order valence-electron chi connectivity index (χ1n) is 6.83. The van der Waals surface area contributed by atoms with Crippen LogP contribution in [-0.4, -0.2) is 14.9 Å². The summed E-state index contributed by atoms with van der Waals surface area (Å²) in [6.45, 7) is 2.79. The molecule has 0 aromatic carbocycles. The van der Waals surface area contributed by atoms with Gasteiger partial charge in [0.25, 0.3) is 0 Å². The maximum atomic E-state index is 10.6. The van der Waals surface area contributed by atoms with E-state index in [1.807, 2.05) is 13.1 Å². The van der Waals surface area contributed by atoms with E-state index in [1.165, 1.54) is 12.8 Å². The Hall–Kier alpha value is -1.34. The molecule has 2 rings (SSSR count). The lowest BCUT2D eigenvalue weighted by molar-refractivity contribution is 0.0516. The van der Waals surface area contributed by atoms with Gasteiger partial charge in [-0.15, -0.1) is 0 Å². The minimum atomic E-state index is -0.708. The number of rotatable bonds is 3. The van der Waals surface area contributed by atoms with E-state index in [1.54, 1.807) is 10.9 Å². The molecule has 1 aromatic rings. The Morgan fingerprint density at radius 2 is 2.11 bits per heavy atom. The number of aliphatic hydroxyl groups excluding tert-OH is 1. The molecule has 18 heavy (non-hydrogen) atoms. The molecule has 0 aliphatic heterocycles. The molecule has 4 heteroatoms. The van der Waals surface area contributed by atoms with E-state index in [0.717, 1.165) is 37.8 Å². The van der Waals surface area contributed by atoms with E-state index in [2.05, 4.69) is 11.2 Å². The Labute approximate surface area is 108 Å². The first-order chi connectivity index (χ1) is 8.72. The van der Waals surface area contributed by atoms with Gasteiger partial charge in [0.2, 0.25) is 0 Å².